The number of ether oxygens (including phenoxy) is 3. The van der Waals surface area contributed by atoms with Crippen molar-refractivity contribution < 1.29 is 14.2 Å². The first-order valence-corrected chi connectivity index (χ1v) is 6.35. The van der Waals surface area contributed by atoms with Crippen LogP contribution in [0.5, 0.6) is 11.5 Å². The predicted molar refractivity (Wildman–Crippen MR) is 70.5 cm³/mol. The quantitative estimate of drug-likeness (QED) is 0.834. The third-order valence-electron chi connectivity index (χ3n) is 3.22. The second-order valence-electron chi connectivity index (χ2n) is 4.45. The Morgan fingerprint density at radius 3 is 2.78 bits per heavy atom. The molecule has 2 rings (SSSR count). The van der Waals surface area contributed by atoms with Gasteiger partial charge in [-0.2, -0.15) is 0 Å². The molecule has 0 aromatic heterocycles. The Labute approximate surface area is 108 Å². The second kappa shape index (κ2) is 6.61. The Morgan fingerprint density at radius 1 is 1.28 bits per heavy atom. The van der Waals surface area contributed by atoms with Crippen LogP contribution in [0.1, 0.15) is 12.0 Å². The van der Waals surface area contributed by atoms with Gasteiger partial charge in [-0.1, -0.05) is 6.07 Å². The fraction of sp³-hybridized carbons (Fsp3) is 0.571. The van der Waals surface area contributed by atoms with E-state index in [0.717, 1.165) is 44.1 Å². The van der Waals surface area contributed by atoms with E-state index >= 15 is 0 Å². The summed E-state index contributed by atoms with van der Waals surface area (Å²) in [7, 11) is 3.31. The number of hydrogen-bond donors (Lipinski definition) is 1. The molecule has 100 valence electrons. The van der Waals surface area contributed by atoms with Crippen molar-refractivity contribution >= 4 is 0 Å². The maximum Gasteiger partial charge on any atom is 0.160 e. The van der Waals surface area contributed by atoms with E-state index in [2.05, 4.69) is 11.4 Å². The van der Waals surface area contributed by atoms with Gasteiger partial charge in [-0.15, -0.1) is 0 Å². The molecule has 1 fully saturated rings. The molecular weight excluding hydrogens is 230 g/mol. The Bertz CT molecular complexity index is 375. The molecule has 1 saturated heterocycles. The summed E-state index contributed by atoms with van der Waals surface area (Å²) in [6.07, 6.45) is 2.10. The SMILES string of the molecule is COc1ccc(CCN[C@H]2CCOC2)cc1OC. The lowest BCUT2D eigenvalue weighted by molar-refractivity contribution is 0.190. The lowest BCUT2D eigenvalue weighted by atomic mass is 10.1. The van der Waals surface area contributed by atoms with Gasteiger partial charge in [-0.25, -0.2) is 0 Å². The van der Waals surface area contributed by atoms with Gasteiger partial charge >= 0.3 is 0 Å². The molecule has 4 heteroatoms. The highest BCUT2D eigenvalue weighted by Gasteiger charge is 2.14. The molecule has 1 heterocycles. The molecule has 1 aromatic rings. The van der Waals surface area contributed by atoms with Gasteiger partial charge in [-0.3, -0.25) is 0 Å². The summed E-state index contributed by atoms with van der Waals surface area (Å²) in [5.74, 6) is 1.57. The monoisotopic (exact) mass is 251 g/mol. The van der Waals surface area contributed by atoms with Crippen LogP contribution >= 0.6 is 0 Å². The largest absolute Gasteiger partial charge is 0.493 e. The number of rotatable bonds is 6. The molecule has 0 spiro atoms. The van der Waals surface area contributed by atoms with Crippen molar-refractivity contribution in [3.8, 4) is 11.5 Å². The minimum atomic E-state index is 0.519. The first kappa shape index (κ1) is 13.2. The van der Waals surface area contributed by atoms with Gasteiger partial charge in [0.25, 0.3) is 0 Å². The van der Waals surface area contributed by atoms with E-state index in [1.807, 2.05) is 12.1 Å². The minimum absolute atomic E-state index is 0.519. The summed E-state index contributed by atoms with van der Waals surface area (Å²) in [4.78, 5) is 0. The standard InChI is InChI=1S/C14H21NO3/c1-16-13-4-3-11(9-14(13)17-2)5-7-15-12-6-8-18-10-12/h3-4,9,12,15H,5-8,10H2,1-2H3/t12-/m0/s1. The van der Waals surface area contributed by atoms with Crippen molar-refractivity contribution in [1.82, 2.24) is 5.32 Å². The molecule has 18 heavy (non-hydrogen) atoms. The molecule has 1 N–H and O–H groups in total. The van der Waals surface area contributed by atoms with Crippen molar-refractivity contribution in [2.24, 2.45) is 0 Å². The zero-order valence-electron chi connectivity index (χ0n) is 11.1. The average Bonchev–Trinajstić information content (AvgIpc) is 2.91. The Morgan fingerprint density at radius 2 is 2.11 bits per heavy atom. The van der Waals surface area contributed by atoms with Gasteiger partial charge in [0.2, 0.25) is 0 Å². The fourth-order valence-corrected chi connectivity index (χ4v) is 2.15. The predicted octanol–water partition coefficient (Wildman–Crippen LogP) is 1.62. The highest BCUT2D eigenvalue weighted by atomic mass is 16.5. The van der Waals surface area contributed by atoms with E-state index in [1.54, 1.807) is 14.2 Å². The minimum Gasteiger partial charge on any atom is -0.493 e. The van der Waals surface area contributed by atoms with E-state index in [4.69, 9.17) is 14.2 Å². The molecule has 0 saturated carbocycles. The van der Waals surface area contributed by atoms with E-state index in [0.29, 0.717) is 6.04 Å². The highest BCUT2D eigenvalue weighted by Crippen LogP contribution is 2.27. The first-order valence-electron chi connectivity index (χ1n) is 6.35. The van der Waals surface area contributed by atoms with Crippen molar-refractivity contribution in [1.29, 1.82) is 0 Å². The zero-order valence-corrected chi connectivity index (χ0v) is 11.1. The molecular formula is C14H21NO3. The molecule has 4 nitrogen and oxygen atoms in total. The van der Waals surface area contributed by atoms with Crippen LogP contribution in [0.15, 0.2) is 18.2 Å². The number of methoxy groups -OCH3 is 2. The second-order valence-corrected chi connectivity index (χ2v) is 4.45. The summed E-state index contributed by atoms with van der Waals surface area (Å²) in [5, 5.41) is 3.50. The maximum absolute atomic E-state index is 5.33. The molecule has 0 aliphatic carbocycles. The van der Waals surface area contributed by atoms with Crippen LogP contribution in [0.3, 0.4) is 0 Å². The number of benzene rings is 1. The van der Waals surface area contributed by atoms with E-state index in [9.17, 15) is 0 Å². The van der Waals surface area contributed by atoms with E-state index < -0.39 is 0 Å². The Balaban J connectivity index is 1.84. The molecule has 1 aliphatic heterocycles. The average molecular weight is 251 g/mol. The Kier molecular flexibility index (Phi) is 4.84. The lowest BCUT2D eigenvalue weighted by Crippen LogP contribution is -2.30. The molecule has 1 atom stereocenters. The maximum atomic E-state index is 5.33. The fourth-order valence-electron chi connectivity index (χ4n) is 2.15. The van der Waals surface area contributed by atoms with E-state index in [-0.39, 0.29) is 0 Å². The van der Waals surface area contributed by atoms with Gasteiger partial charge in [-0.05, 0) is 37.1 Å². The summed E-state index contributed by atoms with van der Waals surface area (Å²) in [6, 6.07) is 6.58. The third kappa shape index (κ3) is 3.37. The smallest absolute Gasteiger partial charge is 0.160 e. The van der Waals surface area contributed by atoms with Gasteiger partial charge < -0.3 is 19.5 Å². The van der Waals surface area contributed by atoms with Crippen LogP contribution in [0, 0.1) is 0 Å². The van der Waals surface area contributed by atoms with Crippen LogP contribution < -0.4 is 14.8 Å². The first-order chi connectivity index (χ1) is 8.83. The molecule has 1 aromatic carbocycles. The van der Waals surface area contributed by atoms with Gasteiger partial charge in [0, 0.05) is 12.6 Å². The van der Waals surface area contributed by atoms with Crippen LogP contribution in [-0.4, -0.2) is 40.0 Å². The van der Waals surface area contributed by atoms with Crippen LogP contribution in [0.25, 0.3) is 0 Å². The number of hydrogen-bond acceptors (Lipinski definition) is 4. The molecule has 1 aliphatic rings. The highest BCUT2D eigenvalue weighted by molar-refractivity contribution is 5.42. The molecule has 0 radical (unpaired) electrons. The van der Waals surface area contributed by atoms with E-state index in [1.165, 1.54) is 5.56 Å². The number of nitrogens with one attached hydrogen (secondary N) is 1. The molecule has 0 amide bonds. The van der Waals surface area contributed by atoms with Crippen LogP contribution in [0.4, 0.5) is 0 Å². The van der Waals surface area contributed by atoms with Crippen molar-refractivity contribution in [2.75, 3.05) is 34.0 Å². The van der Waals surface area contributed by atoms with Crippen molar-refractivity contribution in [2.45, 2.75) is 18.9 Å². The summed E-state index contributed by atoms with van der Waals surface area (Å²) in [5.41, 5.74) is 1.25. The van der Waals surface area contributed by atoms with Crippen molar-refractivity contribution in [3.05, 3.63) is 23.8 Å². The summed E-state index contributed by atoms with van der Waals surface area (Å²) in [6.45, 7) is 2.68. The topological polar surface area (TPSA) is 39.7 Å². The summed E-state index contributed by atoms with van der Waals surface area (Å²) < 4.78 is 15.8. The van der Waals surface area contributed by atoms with Gasteiger partial charge in [0.1, 0.15) is 0 Å². The lowest BCUT2D eigenvalue weighted by Gasteiger charge is -2.12. The van der Waals surface area contributed by atoms with Crippen LogP contribution in [-0.2, 0) is 11.2 Å². The van der Waals surface area contributed by atoms with Crippen molar-refractivity contribution in [3.63, 3.8) is 0 Å². The molecule has 0 unspecified atom stereocenters. The Hall–Kier alpha value is -1.26. The molecule has 0 bridgehead atoms. The van der Waals surface area contributed by atoms with Gasteiger partial charge in [0.05, 0.1) is 20.8 Å². The van der Waals surface area contributed by atoms with Crippen LogP contribution in [0.2, 0.25) is 0 Å². The van der Waals surface area contributed by atoms with Gasteiger partial charge in [0.15, 0.2) is 11.5 Å². The summed E-state index contributed by atoms with van der Waals surface area (Å²) >= 11 is 0. The zero-order chi connectivity index (χ0) is 12.8. The normalized spacial score (nSPS) is 18.9. The third-order valence-corrected chi connectivity index (χ3v) is 3.22.